The fourth-order valence-electron chi connectivity index (χ4n) is 2.26. The lowest BCUT2D eigenvalue weighted by atomic mass is 9.71. The van der Waals surface area contributed by atoms with Gasteiger partial charge in [0.25, 0.3) is 0 Å². The molecule has 19 heavy (non-hydrogen) atoms. The second-order valence-electron chi connectivity index (χ2n) is 4.83. The van der Waals surface area contributed by atoms with Gasteiger partial charge in [-0.3, -0.25) is 9.59 Å². The predicted octanol–water partition coefficient (Wildman–Crippen LogP) is 3.34. The molecule has 0 aromatic carbocycles. The van der Waals surface area contributed by atoms with E-state index in [2.05, 4.69) is 0 Å². The Labute approximate surface area is 116 Å². The van der Waals surface area contributed by atoms with Gasteiger partial charge in [0.15, 0.2) is 5.41 Å². The van der Waals surface area contributed by atoms with Gasteiger partial charge < -0.3 is 9.47 Å². The number of hydrogen-bond donors (Lipinski definition) is 0. The van der Waals surface area contributed by atoms with E-state index in [0.29, 0.717) is 6.42 Å². The van der Waals surface area contributed by atoms with Gasteiger partial charge in [0, 0.05) is 0 Å². The SMILES string of the molecule is CCCCC(C(=O)OCC)(C(=O)OCC)[C@H](C)CC. The molecule has 0 bridgehead atoms. The molecule has 0 aliphatic rings. The van der Waals surface area contributed by atoms with Gasteiger partial charge in [-0.05, 0) is 26.2 Å². The summed E-state index contributed by atoms with van der Waals surface area (Å²) < 4.78 is 10.3. The summed E-state index contributed by atoms with van der Waals surface area (Å²) in [5.74, 6) is -0.954. The van der Waals surface area contributed by atoms with Crippen molar-refractivity contribution >= 4 is 11.9 Å². The Kier molecular flexibility index (Phi) is 8.44. The van der Waals surface area contributed by atoms with Gasteiger partial charge in [0.05, 0.1) is 13.2 Å². The van der Waals surface area contributed by atoms with E-state index in [1.54, 1.807) is 13.8 Å². The fraction of sp³-hybridized carbons (Fsp3) is 0.867. The number of rotatable bonds is 9. The molecule has 0 spiro atoms. The number of ether oxygens (including phenoxy) is 2. The van der Waals surface area contributed by atoms with Gasteiger partial charge in [0.1, 0.15) is 0 Å². The third-order valence-electron chi connectivity index (χ3n) is 3.66. The van der Waals surface area contributed by atoms with Crippen molar-refractivity contribution in [3.8, 4) is 0 Å². The highest BCUT2D eigenvalue weighted by atomic mass is 16.6. The molecule has 0 aliphatic carbocycles. The fourth-order valence-corrected chi connectivity index (χ4v) is 2.26. The van der Waals surface area contributed by atoms with E-state index < -0.39 is 17.4 Å². The minimum atomic E-state index is -1.14. The smallest absolute Gasteiger partial charge is 0.323 e. The Morgan fingerprint density at radius 1 is 1.00 bits per heavy atom. The van der Waals surface area contributed by atoms with Crippen molar-refractivity contribution in [1.82, 2.24) is 0 Å². The van der Waals surface area contributed by atoms with Crippen LogP contribution in [0.3, 0.4) is 0 Å². The largest absolute Gasteiger partial charge is 0.465 e. The van der Waals surface area contributed by atoms with Crippen LogP contribution in [0.25, 0.3) is 0 Å². The molecule has 0 heterocycles. The van der Waals surface area contributed by atoms with Gasteiger partial charge in [-0.25, -0.2) is 0 Å². The Morgan fingerprint density at radius 3 is 1.79 bits per heavy atom. The summed E-state index contributed by atoms with van der Waals surface area (Å²) in [4.78, 5) is 24.7. The van der Waals surface area contributed by atoms with Crippen molar-refractivity contribution in [2.24, 2.45) is 11.3 Å². The maximum atomic E-state index is 12.4. The first-order valence-corrected chi connectivity index (χ1v) is 7.35. The molecule has 4 nitrogen and oxygen atoms in total. The van der Waals surface area contributed by atoms with Gasteiger partial charge in [-0.15, -0.1) is 0 Å². The summed E-state index contributed by atoms with van der Waals surface area (Å²) in [6.07, 6.45) is 2.97. The van der Waals surface area contributed by atoms with Crippen LogP contribution in [-0.2, 0) is 19.1 Å². The van der Waals surface area contributed by atoms with E-state index in [-0.39, 0.29) is 19.1 Å². The molecular formula is C15H28O4. The average Bonchev–Trinajstić information content (AvgIpc) is 2.39. The van der Waals surface area contributed by atoms with Gasteiger partial charge in [-0.1, -0.05) is 40.0 Å². The lowest BCUT2D eigenvalue weighted by Gasteiger charge is -2.34. The van der Waals surface area contributed by atoms with Crippen LogP contribution in [0, 0.1) is 11.3 Å². The third-order valence-corrected chi connectivity index (χ3v) is 3.66. The van der Waals surface area contributed by atoms with Crippen LogP contribution in [0.15, 0.2) is 0 Å². The van der Waals surface area contributed by atoms with Crippen molar-refractivity contribution in [1.29, 1.82) is 0 Å². The molecule has 0 N–H and O–H groups in total. The maximum Gasteiger partial charge on any atom is 0.323 e. The molecule has 0 unspecified atom stereocenters. The number of hydrogen-bond acceptors (Lipinski definition) is 4. The molecular weight excluding hydrogens is 244 g/mol. The van der Waals surface area contributed by atoms with E-state index in [0.717, 1.165) is 19.3 Å². The van der Waals surface area contributed by atoms with E-state index in [1.165, 1.54) is 0 Å². The molecule has 0 rings (SSSR count). The van der Waals surface area contributed by atoms with Crippen LogP contribution >= 0.6 is 0 Å². The maximum absolute atomic E-state index is 12.4. The molecule has 0 aromatic heterocycles. The normalized spacial score (nSPS) is 12.9. The first kappa shape index (κ1) is 17.9. The number of carbonyl (C=O) groups is 2. The molecule has 0 radical (unpaired) electrons. The Hall–Kier alpha value is -1.06. The first-order valence-electron chi connectivity index (χ1n) is 7.35. The minimum absolute atomic E-state index is 0.0860. The number of unbranched alkanes of at least 4 members (excludes halogenated alkanes) is 1. The molecule has 112 valence electrons. The van der Waals surface area contributed by atoms with Gasteiger partial charge in [0.2, 0.25) is 0 Å². The second-order valence-corrected chi connectivity index (χ2v) is 4.83. The monoisotopic (exact) mass is 272 g/mol. The summed E-state index contributed by atoms with van der Waals surface area (Å²) in [7, 11) is 0. The van der Waals surface area contributed by atoms with Gasteiger partial charge in [-0.2, -0.15) is 0 Å². The third kappa shape index (κ3) is 4.22. The zero-order valence-electron chi connectivity index (χ0n) is 13.0. The lowest BCUT2D eigenvalue weighted by molar-refractivity contribution is -0.177. The Morgan fingerprint density at radius 2 is 1.47 bits per heavy atom. The molecule has 0 saturated carbocycles. The molecule has 0 aliphatic heterocycles. The highest BCUT2D eigenvalue weighted by molar-refractivity contribution is 6.00. The van der Waals surface area contributed by atoms with E-state index in [9.17, 15) is 9.59 Å². The van der Waals surface area contributed by atoms with Crippen LogP contribution in [-0.4, -0.2) is 25.2 Å². The van der Waals surface area contributed by atoms with Crippen molar-refractivity contribution in [2.45, 2.75) is 60.3 Å². The van der Waals surface area contributed by atoms with Crippen LogP contribution in [0.1, 0.15) is 60.3 Å². The summed E-state index contributed by atoms with van der Waals surface area (Å²) in [5, 5.41) is 0. The van der Waals surface area contributed by atoms with Crippen molar-refractivity contribution < 1.29 is 19.1 Å². The van der Waals surface area contributed by atoms with Crippen LogP contribution < -0.4 is 0 Å². The first-order chi connectivity index (χ1) is 9.00. The minimum Gasteiger partial charge on any atom is -0.465 e. The Balaban J connectivity index is 5.42. The van der Waals surface area contributed by atoms with E-state index in [1.807, 2.05) is 20.8 Å². The van der Waals surface area contributed by atoms with Crippen molar-refractivity contribution in [2.75, 3.05) is 13.2 Å². The zero-order valence-corrected chi connectivity index (χ0v) is 13.0. The molecule has 4 heteroatoms. The highest BCUT2D eigenvalue weighted by Gasteiger charge is 2.51. The topological polar surface area (TPSA) is 52.6 Å². The molecule has 0 saturated heterocycles. The predicted molar refractivity (Wildman–Crippen MR) is 74.7 cm³/mol. The molecule has 0 aromatic rings. The lowest BCUT2D eigenvalue weighted by Crippen LogP contribution is -2.47. The van der Waals surface area contributed by atoms with Crippen LogP contribution in [0.4, 0.5) is 0 Å². The van der Waals surface area contributed by atoms with Crippen LogP contribution in [0.2, 0.25) is 0 Å². The second kappa shape index (κ2) is 8.94. The Bertz CT molecular complexity index is 268. The summed E-state index contributed by atoms with van der Waals surface area (Å²) in [6, 6.07) is 0. The van der Waals surface area contributed by atoms with Crippen molar-refractivity contribution in [3.63, 3.8) is 0 Å². The standard InChI is InChI=1S/C15H28O4/c1-6-10-11-15(12(5)7-2,13(16)18-8-3)14(17)19-9-4/h12H,6-11H2,1-5H3/t12-/m1/s1. The summed E-state index contributed by atoms with van der Waals surface area (Å²) in [5.41, 5.74) is -1.14. The highest BCUT2D eigenvalue weighted by Crippen LogP contribution is 2.38. The summed E-state index contributed by atoms with van der Waals surface area (Å²) >= 11 is 0. The molecule has 0 amide bonds. The number of carbonyl (C=O) groups excluding carboxylic acids is 2. The quantitative estimate of drug-likeness (QED) is 0.477. The average molecular weight is 272 g/mol. The van der Waals surface area contributed by atoms with E-state index >= 15 is 0 Å². The molecule has 1 atom stereocenters. The van der Waals surface area contributed by atoms with E-state index in [4.69, 9.17) is 9.47 Å². The van der Waals surface area contributed by atoms with Crippen molar-refractivity contribution in [3.05, 3.63) is 0 Å². The molecule has 0 fully saturated rings. The van der Waals surface area contributed by atoms with Gasteiger partial charge >= 0.3 is 11.9 Å². The number of esters is 2. The zero-order chi connectivity index (χ0) is 14.9. The summed E-state index contributed by atoms with van der Waals surface area (Å²) in [6.45, 7) is 10.0. The van der Waals surface area contributed by atoms with Crippen LogP contribution in [0.5, 0.6) is 0 Å².